The van der Waals surface area contributed by atoms with Crippen LogP contribution in [0.5, 0.6) is 0 Å². The first kappa shape index (κ1) is 15.5. The van der Waals surface area contributed by atoms with Crippen LogP contribution in [0.15, 0.2) is 18.2 Å². The van der Waals surface area contributed by atoms with E-state index in [4.69, 9.17) is 22.4 Å². The van der Waals surface area contributed by atoms with Crippen molar-refractivity contribution in [3.8, 4) is 0 Å². The van der Waals surface area contributed by atoms with Crippen LogP contribution in [0.25, 0.3) is 0 Å². The summed E-state index contributed by atoms with van der Waals surface area (Å²) in [5.74, 6) is -1.39. The summed E-state index contributed by atoms with van der Waals surface area (Å²) in [4.78, 5) is 22.5. The maximum absolute atomic E-state index is 11.8. The summed E-state index contributed by atoms with van der Waals surface area (Å²) < 4.78 is 0. The van der Waals surface area contributed by atoms with E-state index in [-0.39, 0.29) is 16.5 Å². The normalized spacial score (nSPS) is 11.9. The molecule has 0 aliphatic carbocycles. The summed E-state index contributed by atoms with van der Waals surface area (Å²) in [7, 11) is 0. The molecular weight excluding hydrogens is 268 g/mol. The van der Waals surface area contributed by atoms with E-state index in [0.29, 0.717) is 12.1 Å². The summed E-state index contributed by atoms with van der Waals surface area (Å²) in [6.45, 7) is 2.02. The van der Waals surface area contributed by atoms with Gasteiger partial charge in [-0.25, -0.2) is 4.79 Å². The van der Waals surface area contributed by atoms with Crippen molar-refractivity contribution < 1.29 is 14.7 Å². The Morgan fingerprint density at radius 2 is 2.16 bits per heavy atom. The Kier molecular flexibility index (Phi) is 5.79. The molecule has 0 fully saturated rings. The first-order valence-electron chi connectivity index (χ1n) is 6.05. The van der Waals surface area contributed by atoms with Gasteiger partial charge in [-0.3, -0.25) is 4.79 Å². The van der Waals surface area contributed by atoms with Crippen molar-refractivity contribution in [3.63, 3.8) is 0 Å². The molecule has 1 rings (SSSR count). The molecule has 6 heteroatoms. The molecule has 0 aliphatic heterocycles. The van der Waals surface area contributed by atoms with Gasteiger partial charge >= 0.3 is 5.97 Å². The Balaban J connectivity index is 2.72. The second-order valence-corrected chi connectivity index (χ2v) is 4.64. The summed E-state index contributed by atoms with van der Waals surface area (Å²) in [5, 5.41) is 11.6. The Bertz CT molecular complexity index is 477. The number of hydrogen-bond acceptors (Lipinski definition) is 3. The molecule has 1 aromatic rings. The lowest BCUT2D eigenvalue weighted by Gasteiger charge is -2.13. The van der Waals surface area contributed by atoms with E-state index in [1.807, 2.05) is 6.92 Å². The lowest BCUT2D eigenvalue weighted by Crippen LogP contribution is -2.35. The maximum Gasteiger partial charge on any atom is 0.335 e. The van der Waals surface area contributed by atoms with Gasteiger partial charge in [-0.15, -0.1) is 0 Å². The molecule has 0 spiro atoms. The van der Waals surface area contributed by atoms with Crippen molar-refractivity contribution in [1.82, 2.24) is 0 Å². The quantitative estimate of drug-likeness (QED) is 0.748. The van der Waals surface area contributed by atoms with Gasteiger partial charge in [0.15, 0.2) is 0 Å². The number of rotatable bonds is 6. The highest BCUT2D eigenvalue weighted by atomic mass is 35.5. The molecule has 5 nitrogen and oxygen atoms in total. The minimum atomic E-state index is -1.07. The third-order valence-electron chi connectivity index (χ3n) is 2.68. The molecule has 1 unspecified atom stereocenters. The fourth-order valence-electron chi connectivity index (χ4n) is 1.53. The fraction of sp³-hybridized carbons (Fsp3) is 0.385. The molecular formula is C13H17ClN2O3. The number of benzene rings is 1. The predicted molar refractivity (Wildman–Crippen MR) is 74.5 cm³/mol. The van der Waals surface area contributed by atoms with Crippen LogP contribution in [0.4, 0.5) is 5.69 Å². The number of carbonyl (C=O) groups is 2. The van der Waals surface area contributed by atoms with Gasteiger partial charge < -0.3 is 16.2 Å². The number of nitrogens with two attached hydrogens (primary N) is 1. The van der Waals surface area contributed by atoms with Gasteiger partial charge in [-0.05, 0) is 24.6 Å². The molecule has 4 N–H and O–H groups in total. The molecule has 0 bridgehead atoms. The van der Waals surface area contributed by atoms with Gasteiger partial charge in [0, 0.05) is 0 Å². The number of aromatic carboxylic acids is 1. The molecule has 1 atom stereocenters. The van der Waals surface area contributed by atoms with E-state index in [0.717, 1.165) is 12.8 Å². The lowest BCUT2D eigenvalue weighted by molar-refractivity contribution is -0.117. The fourth-order valence-corrected chi connectivity index (χ4v) is 1.76. The molecule has 19 heavy (non-hydrogen) atoms. The van der Waals surface area contributed by atoms with Gasteiger partial charge in [0.25, 0.3) is 0 Å². The zero-order valence-electron chi connectivity index (χ0n) is 10.6. The largest absolute Gasteiger partial charge is 0.478 e. The number of amides is 1. The Hall–Kier alpha value is -1.59. The highest BCUT2D eigenvalue weighted by Gasteiger charge is 2.15. The van der Waals surface area contributed by atoms with Crippen molar-refractivity contribution >= 4 is 29.2 Å². The van der Waals surface area contributed by atoms with Crippen LogP contribution in [0.2, 0.25) is 5.02 Å². The van der Waals surface area contributed by atoms with Crippen LogP contribution in [-0.4, -0.2) is 23.0 Å². The highest BCUT2D eigenvalue weighted by molar-refractivity contribution is 6.34. The van der Waals surface area contributed by atoms with Crippen LogP contribution in [0.3, 0.4) is 0 Å². The second-order valence-electron chi connectivity index (χ2n) is 4.24. The Labute approximate surface area is 116 Å². The highest BCUT2D eigenvalue weighted by Crippen LogP contribution is 2.23. The second kappa shape index (κ2) is 7.11. The zero-order chi connectivity index (χ0) is 14.4. The topological polar surface area (TPSA) is 92.4 Å². The molecule has 0 heterocycles. The number of nitrogens with one attached hydrogen (secondary N) is 1. The van der Waals surface area contributed by atoms with Gasteiger partial charge in [0.1, 0.15) is 0 Å². The number of carboxylic acids is 1. The molecule has 104 valence electrons. The van der Waals surface area contributed by atoms with E-state index < -0.39 is 12.0 Å². The SMILES string of the molecule is CCCCC(N)C(=O)Nc1ccc(C(=O)O)cc1Cl. The van der Waals surface area contributed by atoms with Crippen molar-refractivity contribution in [3.05, 3.63) is 28.8 Å². The van der Waals surface area contributed by atoms with Gasteiger partial charge in [-0.1, -0.05) is 31.4 Å². The standard InChI is InChI=1S/C13H17ClN2O3/c1-2-3-4-10(15)12(17)16-11-6-5-8(13(18)19)7-9(11)14/h5-7,10H,2-4,15H2,1H3,(H,16,17)(H,18,19). The first-order chi connectivity index (χ1) is 8.95. The third-order valence-corrected chi connectivity index (χ3v) is 2.99. The maximum atomic E-state index is 11.8. The summed E-state index contributed by atoms with van der Waals surface area (Å²) in [6, 6.07) is 3.53. The number of carboxylic acid groups (broad SMARTS) is 1. The van der Waals surface area contributed by atoms with Crippen LogP contribution in [0.1, 0.15) is 36.5 Å². The van der Waals surface area contributed by atoms with Gasteiger partial charge in [-0.2, -0.15) is 0 Å². The van der Waals surface area contributed by atoms with Crippen LogP contribution in [0, 0.1) is 0 Å². The molecule has 0 aliphatic rings. The number of unbranched alkanes of at least 4 members (excludes halogenated alkanes) is 1. The molecule has 0 radical (unpaired) electrons. The summed E-state index contributed by atoms with van der Waals surface area (Å²) >= 11 is 5.91. The zero-order valence-corrected chi connectivity index (χ0v) is 11.4. The number of hydrogen-bond donors (Lipinski definition) is 3. The minimum absolute atomic E-state index is 0.0679. The van der Waals surface area contributed by atoms with E-state index in [2.05, 4.69) is 5.32 Å². The van der Waals surface area contributed by atoms with Crippen LogP contribution in [-0.2, 0) is 4.79 Å². The Morgan fingerprint density at radius 3 is 2.68 bits per heavy atom. The average Bonchev–Trinajstić information content (AvgIpc) is 2.37. The van der Waals surface area contributed by atoms with E-state index >= 15 is 0 Å². The van der Waals surface area contributed by atoms with Crippen molar-refractivity contribution in [2.45, 2.75) is 32.2 Å². The molecule has 0 saturated carbocycles. The number of carbonyl (C=O) groups excluding carboxylic acids is 1. The first-order valence-corrected chi connectivity index (χ1v) is 6.42. The van der Waals surface area contributed by atoms with Crippen LogP contribution >= 0.6 is 11.6 Å². The predicted octanol–water partition coefficient (Wildman–Crippen LogP) is 2.49. The number of halogens is 1. The number of anilines is 1. The van der Waals surface area contributed by atoms with Crippen molar-refractivity contribution in [2.24, 2.45) is 5.73 Å². The van der Waals surface area contributed by atoms with Crippen molar-refractivity contribution in [1.29, 1.82) is 0 Å². The smallest absolute Gasteiger partial charge is 0.335 e. The Morgan fingerprint density at radius 1 is 1.47 bits per heavy atom. The van der Waals surface area contributed by atoms with Gasteiger partial charge in [0.2, 0.25) is 5.91 Å². The van der Waals surface area contributed by atoms with E-state index in [1.165, 1.54) is 18.2 Å². The molecule has 0 aromatic heterocycles. The summed E-state index contributed by atoms with van der Waals surface area (Å²) in [6.07, 6.45) is 2.45. The van der Waals surface area contributed by atoms with E-state index in [1.54, 1.807) is 0 Å². The van der Waals surface area contributed by atoms with E-state index in [9.17, 15) is 9.59 Å². The molecule has 1 aromatic carbocycles. The van der Waals surface area contributed by atoms with Crippen LogP contribution < -0.4 is 11.1 Å². The van der Waals surface area contributed by atoms with Gasteiger partial charge in [0.05, 0.1) is 22.3 Å². The molecule has 0 saturated heterocycles. The summed E-state index contributed by atoms with van der Waals surface area (Å²) in [5.41, 5.74) is 6.16. The molecule has 1 amide bonds. The average molecular weight is 285 g/mol. The monoisotopic (exact) mass is 284 g/mol. The minimum Gasteiger partial charge on any atom is -0.478 e. The lowest BCUT2D eigenvalue weighted by atomic mass is 10.1. The van der Waals surface area contributed by atoms with Crippen molar-refractivity contribution in [2.75, 3.05) is 5.32 Å². The third kappa shape index (κ3) is 4.54.